The smallest absolute Gasteiger partial charge is 0.309 e. The highest BCUT2D eigenvalue weighted by molar-refractivity contribution is 7.87. The van der Waals surface area contributed by atoms with Crippen LogP contribution in [0.3, 0.4) is 0 Å². The molecule has 7 nitrogen and oxygen atoms in total. The Balaban J connectivity index is 1.46. The molecule has 1 aromatic rings. The van der Waals surface area contributed by atoms with Gasteiger partial charge in [0.2, 0.25) is 0 Å². The van der Waals surface area contributed by atoms with Gasteiger partial charge in [0.25, 0.3) is 0 Å². The molecular formula is C20H30N4O3S. The van der Waals surface area contributed by atoms with E-state index in [9.17, 15) is 13.2 Å². The predicted octanol–water partition coefficient (Wildman–Crippen LogP) is 1.91. The topological polar surface area (TPSA) is 81.8 Å². The Kier molecular flexibility index (Phi) is 5.37. The first-order valence-electron chi connectivity index (χ1n) is 10.2. The Hall–Kier alpha value is -1.64. The highest BCUT2D eigenvalue weighted by Crippen LogP contribution is 2.38. The Morgan fingerprint density at radius 1 is 1.14 bits per heavy atom. The Bertz CT molecular complexity index is 850. The molecular weight excluding hydrogens is 376 g/mol. The van der Waals surface area contributed by atoms with E-state index in [4.69, 9.17) is 0 Å². The lowest BCUT2D eigenvalue weighted by molar-refractivity contribution is 0.255. The second-order valence-electron chi connectivity index (χ2n) is 8.57. The van der Waals surface area contributed by atoms with Crippen LogP contribution in [0.15, 0.2) is 6.07 Å². The summed E-state index contributed by atoms with van der Waals surface area (Å²) in [5, 5.41) is 2.90. The highest BCUT2D eigenvalue weighted by atomic mass is 32.2. The van der Waals surface area contributed by atoms with E-state index in [0.29, 0.717) is 19.0 Å². The molecule has 2 aliphatic carbocycles. The lowest BCUT2D eigenvalue weighted by atomic mass is 9.99. The zero-order chi connectivity index (χ0) is 19.9. The highest BCUT2D eigenvalue weighted by Gasteiger charge is 2.33. The van der Waals surface area contributed by atoms with Crippen molar-refractivity contribution in [3.63, 3.8) is 0 Å². The number of nitrogens with zero attached hydrogens (tertiary/aromatic N) is 2. The summed E-state index contributed by atoms with van der Waals surface area (Å²) in [5.74, 6) is 0.301. The Morgan fingerprint density at radius 2 is 1.79 bits per heavy atom. The minimum absolute atomic E-state index is 0.301. The van der Waals surface area contributed by atoms with E-state index in [1.165, 1.54) is 26.6 Å². The normalized spacial score (nSPS) is 21.8. The fraction of sp³-hybridized carbons (Fsp3) is 0.650. The van der Waals surface area contributed by atoms with Crippen molar-refractivity contribution in [1.29, 1.82) is 0 Å². The molecule has 1 fully saturated rings. The third kappa shape index (κ3) is 3.90. The van der Waals surface area contributed by atoms with Gasteiger partial charge in [0.15, 0.2) is 0 Å². The molecule has 4 rings (SSSR count). The van der Waals surface area contributed by atoms with E-state index in [1.807, 2.05) is 14.1 Å². The van der Waals surface area contributed by atoms with Crippen molar-refractivity contribution >= 4 is 21.9 Å². The van der Waals surface area contributed by atoms with Crippen molar-refractivity contribution in [2.75, 3.05) is 39.0 Å². The number of amides is 2. The summed E-state index contributed by atoms with van der Waals surface area (Å²) in [5.41, 5.74) is 5.87. The number of carbonyl (C=O) groups excluding carboxylic acids is 1. The van der Waals surface area contributed by atoms with Crippen LogP contribution in [0.4, 0.5) is 10.5 Å². The molecule has 154 valence electrons. The van der Waals surface area contributed by atoms with E-state index >= 15 is 0 Å². The van der Waals surface area contributed by atoms with E-state index in [1.54, 1.807) is 0 Å². The van der Waals surface area contributed by atoms with Crippen molar-refractivity contribution in [2.24, 2.45) is 5.92 Å². The van der Waals surface area contributed by atoms with E-state index in [2.05, 4.69) is 21.0 Å². The molecule has 1 aromatic carbocycles. The summed E-state index contributed by atoms with van der Waals surface area (Å²) in [6, 6.07) is 1.64. The standard InChI is InChI=1S/C20H30N4O3S/c1-23(2)12-14-9-10-24(13-14)28(26,27)22-20(25)21-19-17-7-3-5-15(17)11-16-6-4-8-18(16)19/h11,14H,3-10,12-13H2,1-2H3,(H2,21,22,25). The molecule has 1 heterocycles. The molecule has 3 aliphatic rings. The maximum Gasteiger partial charge on any atom is 0.333 e. The molecule has 2 amide bonds. The average molecular weight is 407 g/mol. The molecule has 2 N–H and O–H groups in total. The number of carbonyl (C=O) groups is 1. The van der Waals surface area contributed by atoms with Crippen LogP contribution in [0, 0.1) is 5.92 Å². The maximum atomic E-state index is 12.7. The largest absolute Gasteiger partial charge is 0.333 e. The van der Waals surface area contributed by atoms with Gasteiger partial charge in [-0.05, 0) is 87.2 Å². The number of hydrogen-bond donors (Lipinski definition) is 2. The molecule has 1 atom stereocenters. The summed E-state index contributed by atoms with van der Waals surface area (Å²) >= 11 is 0. The number of benzene rings is 1. The second-order valence-corrected chi connectivity index (χ2v) is 10.2. The zero-order valence-electron chi connectivity index (χ0n) is 16.8. The average Bonchev–Trinajstić information content (AvgIpc) is 3.32. The number of fused-ring (bicyclic) bond motifs is 2. The lowest BCUT2D eigenvalue weighted by Gasteiger charge is -2.20. The van der Waals surface area contributed by atoms with Crippen LogP contribution in [-0.4, -0.2) is 57.4 Å². The molecule has 1 unspecified atom stereocenters. The maximum absolute atomic E-state index is 12.7. The number of urea groups is 1. The quantitative estimate of drug-likeness (QED) is 0.783. The number of hydrogen-bond acceptors (Lipinski definition) is 4. The monoisotopic (exact) mass is 406 g/mol. The van der Waals surface area contributed by atoms with Crippen LogP contribution < -0.4 is 10.0 Å². The van der Waals surface area contributed by atoms with Crippen LogP contribution in [0.5, 0.6) is 0 Å². The molecule has 0 aromatic heterocycles. The van der Waals surface area contributed by atoms with Crippen molar-refractivity contribution in [1.82, 2.24) is 13.9 Å². The fourth-order valence-electron chi connectivity index (χ4n) is 4.97. The van der Waals surface area contributed by atoms with Crippen molar-refractivity contribution in [3.05, 3.63) is 28.3 Å². The molecule has 1 saturated heterocycles. The van der Waals surface area contributed by atoms with Crippen LogP contribution >= 0.6 is 0 Å². The lowest BCUT2D eigenvalue weighted by Crippen LogP contribution is -2.44. The van der Waals surface area contributed by atoms with Gasteiger partial charge < -0.3 is 10.2 Å². The van der Waals surface area contributed by atoms with Gasteiger partial charge in [0, 0.05) is 25.3 Å². The SMILES string of the molecule is CN(C)CC1CCN(S(=O)(=O)NC(=O)Nc2c3c(cc4c2CCC4)CCC3)C1. The van der Waals surface area contributed by atoms with E-state index in [0.717, 1.165) is 57.2 Å². The molecule has 8 heteroatoms. The molecule has 0 saturated carbocycles. The first-order valence-corrected chi connectivity index (χ1v) is 11.7. The van der Waals surface area contributed by atoms with Crippen LogP contribution in [0.2, 0.25) is 0 Å². The molecule has 1 aliphatic heterocycles. The first-order chi connectivity index (χ1) is 13.3. The summed E-state index contributed by atoms with van der Waals surface area (Å²) in [6.45, 7) is 1.76. The molecule has 0 spiro atoms. The van der Waals surface area contributed by atoms with Gasteiger partial charge >= 0.3 is 16.2 Å². The third-order valence-corrected chi connectivity index (χ3v) is 7.60. The number of anilines is 1. The van der Waals surface area contributed by atoms with Gasteiger partial charge in [-0.2, -0.15) is 12.7 Å². The van der Waals surface area contributed by atoms with Gasteiger partial charge in [0.1, 0.15) is 0 Å². The summed E-state index contributed by atoms with van der Waals surface area (Å²) in [4.78, 5) is 14.7. The Labute approximate surface area is 167 Å². The third-order valence-electron chi connectivity index (χ3n) is 6.15. The van der Waals surface area contributed by atoms with E-state index < -0.39 is 16.2 Å². The van der Waals surface area contributed by atoms with Crippen LogP contribution in [0.1, 0.15) is 41.5 Å². The Morgan fingerprint density at radius 3 is 2.39 bits per heavy atom. The molecule has 28 heavy (non-hydrogen) atoms. The summed E-state index contributed by atoms with van der Waals surface area (Å²) in [6.07, 6.45) is 6.98. The number of aryl methyl sites for hydroxylation is 2. The minimum atomic E-state index is -3.82. The zero-order valence-corrected chi connectivity index (χ0v) is 17.6. The van der Waals surface area contributed by atoms with Gasteiger partial charge in [-0.15, -0.1) is 0 Å². The fourth-order valence-corrected chi connectivity index (χ4v) is 6.14. The summed E-state index contributed by atoms with van der Waals surface area (Å²) < 4.78 is 29.0. The van der Waals surface area contributed by atoms with Crippen molar-refractivity contribution in [3.8, 4) is 0 Å². The van der Waals surface area contributed by atoms with Crippen molar-refractivity contribution in [2.45, 2.75) is 44.9 Å². The second kappa shape index (κ2) is 7.65. The van der Waals surface area contributed by atoms with Gasteiger partial charge in [-0.25, -0.2) is 9.52 Å². The number of rotatable bonds is 5. The van der Waals surface area contributed by atoms with Crippen LogP contribution in [-0.2, 0) is 35.9 Å². The summed E-state index contributed by atoms with van der Waals surface area (Å²) in [7, 11) is 0.148. The van der Waals surface area contributed by atoms with Crippen LogP contribution in [0.25, 0.3) is 0 Å². The van der Waals surface area contributed by atoms with Gasteiger partial charge in [-0.3, -0.25) is 0 Å². The van der Waals surface area contributed by atoms with Crippen molar-refractivity contribution < 1.29 is 13.2 Å². The van der Waals surface area contributed by atoms with Gasteiger partial charge in [0.05, 0.1) is 0 Å². The minimum Gasteiger partial charge on any atom is -0.309 e. The molecule has 0 radical (unpaired) electrons. The van der Waals surface area contributed by atoms with E-state index in [-0.39, 0.29) is 0 Å². The molecule has 0 bridgehead atoms. The predicted molar refractivity (Wildman–Crippen MR) is 110 cm³/mol. The van der Waals surface area contributed by atoms with Gasteiger partial charge in [-0.1, -0.05) is 6.07 Å². The number of nitrogens with one attached hydrogen (secondary N) is 2. The first kappa shape index (κ1) is 19.7.